The van der Waals surface area contributed by atoms with Gasteiger partial charge in [-0.3, -0.25) is 9.78 Å². The van der Waals surface area contributed by atoms with E-state index in [9.17, 15) is 19.1 Å². The van der Waals surface area contributed by atoms with Crippen LogP contribution in [0.15, 0.2) is 42.6 Å². The maximum Gasteiger partial charge on any atom is 0.407 e. The summed E-state index contributed by atoms with van der Waals surface area (Å²) < 4.78 is 18.6. The second kappa shape index (κ2) is 10.4. The van der Waals surface area contributed by atoms with Gasteiger partial charge in [-0.05, 0) is 38.1 Å². The van der Waals surface area contributed by atoms with Crippen LogP contribution in [0.4, 0.5) is 9.18 Å². The molecule has 0 unspecified atom stereocenters. The van der Waals surface area contributed by atoms with Crippen LogP contribution >= 0.6 is 0 Å². The highest BCUT2D eigenvalue weighted by atomic mass is 19.1. The summed E-state index contributed by atoms with van der Waals surface area (Å²) >= 11 is 0. The Labute approximate surface area is 163 Å². The van der Waals surface area contributed by atoms with Crippen LogP contribution in [0.3, 0.4) is 0 Å². The second-order valence-electron chi connectivity index (χ2n) is 6.39. The minimum Gasteiger partial charge on any atom is -0.465 e. The first-order valence-electron chi connectivity index (χ1n) is 8.96. The van der Waals surface area contributed by atoms with Crippen molar-refractivity contribution in [2.75, 3.05) is 26.2 Å². The van der Waals surface area contributed by atoms with Gasteiger partial charge in [0.1, 0.15) is 5.82 Å². The largest absolute Gasteiger partial charge is 0.465 e. The summed E-state index contributed by atoms with van der Waals surface area (Å²) in [5.74, 6) is -0.718. The highest BCUT2D eigenvalue weighted by molar-refractivity contribution is 5.94. The molecular weight excluding hydrogens is 365 g/mol. The molecule has 7 nitrogen and oxygen atoms in total. The van der Waals surface area contributed by atoms with Gasteiger partial charge < -0.3 is 20.1 Å². The molecule has 0 aliphatic carbocycles. The molecule has 2 rings (SSSR count). The number of ether oxygens (including phenoxy) is 1. The Morgan fingerprint density at radius 3 is 2.64 bits per heavy atom. The molecule has 0 aliphatic rings. The summed E-state index contributed by atoms with van der Waals surface area (Å²) in [6, 6.07) is 9.26. The van der Waals surface area contributed by atoms with Crippen LogP contribution in [0.2, 0.25) is 0 Å². The topological polar surface area (TPSA) is 91.8 Å². The Morgan fingerprint density at radius 2 is 2.04 bits per heavy atom. The van der Waals surface area contributed by atoms with Gasteiger partial charge in [0.15, 0.2) is 0 Å². The third kappa shape index (κ3) is 6.62. The first-order chi connectivity index (χ1) is 13.4. The van der Waals surface area contributed by atoms with Crippen LogP contribution in [0.25, 0.3) is 11.3 Å². The molecule has 0 spiro atoms. The lowest BCUT2D eigenvalue weighted by molar-refractivity contribution is 0.0577. The summed E-state index contributed by atoms with van der Waals surface area (Å²) in [6.45, 7) is 4.59. The van der Waals surface area contributed by atoms with Crippen LogP contribution in [0.5, 0.6) is 0 Å². The summed E-state index contributed by atoms with van der Waals surface area (Å²) in [5, 5.41) is 11.9. The summed E-state index contributed by atoms with van der Waals surface area (Å²) in [4.78, 5) is 28.8. The standard InChI is InChI=1S/C20H24FN3O4/c1-14(2)28-11-10-24(20(26)27)9-8-22-19(25)16-6-7-18(23-13-16)15-4-3-5-17(21)12-15/h3-7,12-14H,8-11H2,1-2H3,(H,22,25)(H,26,27). The average molecular weight is 389 g/mol. The lowest BCUT2D eigenvalue weighted by Gasteiger charge is -2.20. The minimum atomic E-state index is -1.07. The van der Waals surface area contributed by atoms with Crippen molar-refractivity contribution in [1.29, 1.82) is 0 Å². The zero-order valence-corrected chi connectivity index (χ0v) is 15.9. The Morgan fingerprint density at radius 1 is 1.25 bits per heavy atom. The van der Waals surface area contributed by atoms with E-state index in [2.05, 4.69) is 10.3 Å². The van der Waals surface area contributed by atoms with Gasteiger partial charge in [0.25, 0.3) is 5.91 Å². The number of amides is 2. The summed E-state index contributed by atoms with van der Waals surface area (Å²) in [5.41, 5.74) is 1.51. The number of carboxylic acid groups (broad SMARTS) is 1. The molecule has 0 fully saturated rings. The fourth-order valence-corrected chi connectivity index (χ4v) is 2.45. The molecule has 150 valence electrons. The van der Waals surface area contributed by atoms with Gasteiger partial charge in [0, 0.05) is 31.4 Å². The van der Waals surface area contributed by atoms with Crippen LogP contribution in [0.1, 0.15) is 24.2 Å². The van der Waals surface area contributed by atoms with Crippen molar-refractivity contribution < 1.29 is 23.8 Å². The van der Waals surface area contributed by atoms with E-state index in [0.29, 0.717) is 23.4 Å². The van der Waals surface area contributed by atoms with Gasteiger partial charge in [-0.1, -0.05) is 12.1 Å². The fraction of sp³-hybridized carbons (Fsp3) is 0.350. The molecule has 1 aromatic heterocycles. The first kappa shape index (κ1) is 21.3. The van der Waals surface area contributed by atoms with E-state index in [4.69, 9.17) is 4.74 Å². The zero-order valence-electron chi connectivity index (χ0n) is 15.9. The number of halogens is 1. The van der Waals surface area contributed by atoms with Crippen LogP contribution in [0, 0.1) is 5.82 Å². The Bertz CT molecular complexity index is 796. The molecule has 1 aromatic carbocycles. The average Bonchev–Trinajstić information content (AvgIpc) is 2.66. The molecule has 0 bridgehead atoms. The maximum absolute atomic E-state index is 13.3. The third-order valence-corrected chi connectivity index (χ3v) is 3.90. The molecule has 2 amide bonds. The van der Waals surface area contributed by atoms with E-state index < -0.39 is 6.09 Å². The molecule has 0 radical (unpaired) electrons. The van der Waals surface area contributed by atoms with E-state index in [0.717, 1.165) is 0 Å². The van der Waals surface area contributed by atoms with Gasteiger partial charge in [0.05, 0.1) is 24.0 Å². The fourth-order valence-electron chi connectivity index (χ4n) is 2.45. The molecule has 2 aromatic rings. The Balaban J connectivity index is 1.86. The lowest BCUT2D eigenvalue weighted by atomic mass is 10.1. The zero-order chi connectivity index (χ0) is 20.5. The third-order valence-electron chi connectivity index (χ3n) is 3.90. The molecule has 0 aliphatic heterocycles. The lowest BCUT2D eigenvalue weighted by Crippen LogP contribution is -2.39. The van der Waals surface area contributed by atoms with E-state index in [1.807, 2.05) is 13.8 Å². The first-order valence-corrected chi connectivity index (χ1v) is 8.96. The number of nitrogens with zero attached hydrogens (tertiary/aromatic N) is 2. The number of benzene rings is 1. The van der Waals surface area contributed by atoms with E-state index >= 15 is 0 Å². The number of pyridine rings is 1. The Hall–Kier alpha value is -3.00. The van der Waals surface area contributed by atoms with Crippen LogP contribution in [-0.2, 0) is 4.74 Å². The molecule has 0 saturated heterocycles. The number of hydrogen-bond acceptors (Lipinski definition) is 4. The predicted octanol–water partition coefficient (Wildman–Crippen LogP) is 3.02. The van der Waals surface area contributed by atoms with Gasteiger partial charge in [-0.25, -0.2) is 9.18 Å². The van der Waals surface area contributed by atoms with E-state index in [1.165, 1.54) is 23.2 Å². The number of hydrogen-bond donors (Lipinski definition) is 2. The number of carbonyl (C=O) groups is 2. The number of rotatable bonds is 9. The molecule has 0 saturated carbocycles. The van der Waals surface area contributed by atoms with E-state index in [1.54, 1.807) is 24.3 Å². The van der Waals surface area contributed by atoms with Crippen molar-refractivity contribution in [2.45, 2.75) is 20.0 Å². The molecule has 1 heterocycles. The van der Waals surface area contributed by atoms with E-state index in [-0.39, 0.29) is 37.5 Å². The minimum absolute atomic E-state index is 0.0261. The van der Waals surface area contributed by atoms with Crippen LogP contribution < -0.4 is 5.32 Å². The maximum atomic E-state index is 13.3. The summed E-state index contributed by atoms with van der Waals surface area (Å²) in [6.07, 6.45) is 0.363. The predicted molar refractivity (Wildman–Crippen MR) is 103 cm³/mol. The monoisotopic (exact) mass is 389 g/mol. The quantitative estimate of drug-likeness (QED) is 0.688. The van der Waals surface area contributed by atoms with Gasteiger partial charge in [0.2, 0.25) is 0 Å². The highest BCUT2D eigenvalue weighted by Crippen LogP contribution is 2.17. The molecule has 8 heteroatoms. The molecule has 28 heavy (non-hydrogen) atoms. The van der Waals surface area contributed by atoms with Crippen molar-refractivity contribution >= 4 is 12.0 Å². The van der Waals surface area contributed by atoms with Gasteiger partial charge in [-0.15, -0.1) is 0 Å². The van der Waals surface area contributed by atoms with Gasteiger partial charge >= 0.3 is 6.09 Å². The van der Waals surface area contributed by atoms with Crippen molar-refractivity contribution in [3.8, 4) is 11.3 Å². The second-order valence-corrected chi connectivity index (χ2v) is 6.39. The van der Waals surface area contributed by atoms with Crippen molar-refractivity contribution in [3.05, 3.63) is 54.0 Å². The molecule has 2 N–H and O–H groups in total. The molecule has 0 atom stereocenters. The normalized spacial score (nSPS) is 10.7. The number of carbonyl (C=O) groups excluding carboxylic acids is 1. The SMILES string of the molecule is CC(C)OCCN(CCNC(=O)c1ccc(-c2cccc(F)c2)nc1)C(=O)O. The highest BCUT2D eigenvalue weighted by Gasteiger charge is 2.13. The number of aromatic nitrogens is 1. The van der Waals surface area contributed by atoms with Crippen LogP contribution in [-0.4, -0.2) is 59.3 Å². The van der Waals surface area contributed by atoms with Crippen molar-refractivity contribution in [3.63, 3.8) is 0 Å². The smallest absolute Gasteiger partial charge is 0.407 e. The Kier molecular flexibility index (Phi) is 7.88. The number of nitrogens with one attached hydrogen (secondary N) is 1. The van der Waals surface area contributed by atoms with Crippen molar-refractivity contribution in [1.82, 2.24) is 15.2 Å². The van der Waals surface area contributed by atoms with Crippen molar-refractivity contribution in [2.24, 2.45) is 0 Å². The van der Waals surface area contributed by atoms with Gasteiger partial charge in [-0.2, -0.15) is 0 Å². The molecular formula is C20H24FN3O4. The summed E-state index contributed by atoms with van der Waals surface area (Å²) in [7, 11) is 0.